The van der Waals surface area contributed by atoms with Crippen molar-refractivity contribution in [2.45, 2.75) is 46.3 Å². The zero-order valence-corrected chi connectivity index (χ0v) is 18.4. The number of halogens is 2. The highest BCUT2D eigenvalue weighted by atomic mass is 32.1. The number of amides is 1. The molecule has 9 nitrogen and oxygen atoms in total. The molecule has 0 unspecified atom stereocenters. The van der Waals surface area contributed by atoms with E-state index in [0.29, 0.717) is 16.1 Å². The average Bonchev–Trinajstić information content (AvgIpc) is 3.21. The van der Waals surface area contributed by atoms with Crippen LogP contribution in [0.5, 0.6) is 0 Å². The fourth-order valence-corrected chi connectivity index (χ4v) is 3.40. The van der Waals surface area contributed by atoms with Gasteiger partial charge in [-0.05, 0) is 40.7 Å². The van der Waals surface area contributed by atoms with Gasteiger partial charge in [0.1, 0.15) is 27.9 Å². The van der Waals surface area contributed by atoms with Gasteiger partial charge in [-0.3, -0.25) is 5.32 Å². The smallest absolute Gasteiger partial charge is 0.412 e. The highest BCUT2D eigenvalue weighted by Crippen LogP contribution is 2.36. The van der Waals surface area contributed by atoms with E-state index in [1.807, 2.05) is 13.8 Å². The fraction of sp³-hybridized carbons (Fsp3) is 0.368. The second kappa shape index (κ2) is 8.46. The van der Waals surface area contributed by atoms with Crippen molar-refractivity contribution in [1.82, 2.24) is 15.1 Å². The van der Waals surface area contributed by atoms with Gasteiger partial charge in [-0.1, -0.05) is 16.5 Å². The Labute approximate surface area is 181 Å². The average molecular weight is 452 g/mol. The number of carbonyl (C=O) groups is 1. The van der Waals surface area contributed by atoms with E-state index in [9.17, 15) is 13.6 Å². The SMILES string of the molecule is CC(C)Nc1nc(N)c(-c2nc(-c3cc(NC(=O)OC(C)(C)C)c(F)cc3F)no2)s1. The lowest BCUT2D eigenvalue weighted by Gasteiger charge is -2.20. The van der Waals surface area contributed by atoms with Crippen LogP contribution in [-0.4, -0.2) is 32.9 Å². The minimum atomic E-state index is -0.980. The summed E-state index contributed by atoms with van der Waals surface area (Å²) in [4.78, 5) is 20.7. The molecule has 0 atom stereocenters. The molecular formula is C19H22F2N6O3S. The van der Waals surface area contributed by atoms with Crippen LogP contribution in [0.25, 0.3) is 22.2 Å². The Morgan fingerprint density at radius 3 is 2.58 bits per heavy atom. The van der Waals surface area contributed by atoms with Gasteiger partial charge in [0.05, 0.1) is 11.3 Å². The minimum absolute atomic E-state index is 0.0344. The molecule has 0 spiro atoms. The number of carbonyl (C=O) groups excluding carboxylic acids is 1. The number of nitrogen functional groups attached to an aromatic ring is 1. The van der Waals surface area contributed by atoms with E-state index in [1.165, 1.54) is 11.3 Å². The van der Waals surface area contributed by atoms with Crippen molar-refractivity contribution in [2.24, 2.45) is 0 Å². The topological polar surface area (TPSA) is 128 Å². The number of nitrogens with zero attached hydrogens (tertiary/aromatic N) is 3. The molecule has 3 aromatic rings. The molecule has 3 rings (SSSR count). The molecule has 0 fully saturated rings. The maximum Gasteiger partial charge on any atom is 0.412 e. The van der Waals surface area contributed by atoms with Crippen LogP contribution in [0.1, 0.15) is 34.6 Å². The number of rotatable bonds is 5. The van der Waals surface area contributed by atoms with Crippen LogP contribution in [0.4, 0.5) is 30.2 Å². The van der Waals surface area contributed by atoms with E-state index >= 15 is 0 Å². The van der Waals surface area contributed by atoms with Gasteiger partial charge >= 0.3 is 6.09 Å². The molecule has 0 aliphatic carbocycles. The minimum Gasteiger partial charge on any atom is -0.444 e. The summed E-state index contributed by atoms with van der Waals surface area (Å²) in [7, 11) is 0. The van der Waals surface area contributed by atoms with Crippen molar-refractivity contribution >= 4 is 34.1 Å². The standard InChI is InChI=1S/C19H22F2N6O3S/c1-8(2)23-17-25-14(22)13(31-17)16-26-15(27-30-16)9-6-12(11(21)7-10(9)20)24-18(28)29-19(3,4)5/h6-8H,22H2,1-5H3,(H,23,25)(H,24,28). The maximum atomic E-state index is 14.4. The molecule has 0 saturated heterocycles. The summed E-state index contributed by atoms with van der Waals surface area (Å²) < 4.78 is 38.9. The molecule has 0 saturated carbocycles. The van der Waals surface area contributed by atoms with Crippen molar-refractivity contribution in [2.75, 3.05) is 16.4 Å². The van der Waals surface area contributed by atoms with Crippen LogP contribution < -0.4 is 16.4 Å². The quantitative estimate of drug-likeness (QED) is 0.499. The molecule has 0 bridgehead atoms. The molecule has 2 aromatic heterocycles. The van der Waals surface area contributed by atoms with Crippen molar-refractivity contribution < 1.29 is 22.8 Å². The number of anilines is 3. The summed E-state index contributed by atoms with van der Waals surface area (Å²) in [6, 6.07) is 1.82. The molecule has 1 amide bonds. The van der Waals surface area contributed by atoms with Gasteiger partial charge in [-0.25, -0.2) is 18.6 Å². The van der Waals surface area contributed by atoms with Crippen LogP contribution in [0.3, 0.4) is 0 Å². The van der Waals surface area contributed by atoms with Crippen molar-refractivity contribution in [3.8, 4) is 22.2 Å². The van der Waals surface area contributed by atoms with Gasteiger partial charge < -0.3 is 20.3 Å². The molecule has 0 aliphatic rings. The number of nitrogens with one attached hydrogen (secondary N) is 2. The first-order chi connectivity index (χ1) is 14.4. The maximum absolute atomic E-state index is 14.4. The Morgan fingerprint density at radius 2 is 1.94 bits per heavy atom. The lowest BCUT2D eigenvalue weighted by molar-refractivity contribution is 0.0635. The Kier molecular flexibility index (Phi) is 6.11. The van der Waals surface area contributed by atoms with Crippen LogP contribution in [0.2, 0.25) is 0 Å². The van der Waals surface area contributed by atoms with Crippen molar-refractivity contribution in [3.05, 3.63) is 23.8 Å². The normalized spacial score (nSPS) is 11.6. The Balaban J connectivity index is 1.90. The number of aromatic nitrogens is 3. The molecule has 31 heavy (non-hydrogen) atoms. The number of hydrogen-bond donors (Lipinski definition) is 3. The van der Waals surface area contributed by atoms with Crippen molar-refractivity contribution in [3.63, 3.8) is 0 Å². The number of hydrogen-bond acceptors (Lipinski definition) is 9. The third-order valence-electron chi connectivity index (χ3n) is 3.62. The first kappa shape index (κ1) is 22.4. The second-order valence-electron chi connectivity index (χ2n) is 7.89. The van der Waals surface area contributed by atoms with Crippen molar-refractivity contribution in [1.29, 1.82) is 0 Å². The predicted molar refractivity (Wildman–Crippen MR) is 114 cm³/mol. The first-order valence-electron chi connectivity index (χ1n) is 9.29. The Morgan fingerprint density at radius 1 is 1.23 bits per heavy atom. The van der Waals surface area contributed by atoms with Gasteiger partial charge in [0.15, 0.2) is 5.13 Å². The van der Waals surface area contributed by atoms with Crippen LogP contribution in [0.15, 0.2) is 16.7 Å². The Bertz CT molecular complexity index is 1110. The largest absolute Gasteiger partial charge is 0.444 e. The summed E-state index contributed by atoms with van der Waals surface area (Å²) in [6.45, 7) is 8.87. The number of ether oxygens (including phenoxy) is 1. The summed E-state index contributed by atoms with van der Waals surface area (Å²) in [5, 5.41) is 9.69. The van der Waals surface area contributed by atoms with Gasteiger partial charge in [0.2, 0.25) is 5.82 Å². The second-order valence-corrected chi connectivity index (χ2v) is 8.89. The van der Waals surface area contributed by atoms with E-state index in [-0.39, 0.29) is 34.8 Å². The van der Waals surface area contributed by atoms with Gasteiger partial charge in [-0.2, -0.15) is 4.98 Å². The first-order valence-corrected chi connectivity index (χ1v) is 10.1. The predicted octanol–water partition coefficient (Wildman–Crippen LogP) is 4.89. The van der Waals surface area contributed by atoms with Crippen LogP contribution >= 0.6 is 11.3 Å². The third-order valence-corrected chi connectivity index (χ3v) is 4.61. The molecule has 2 heterocycles. The zero-order valence-electron chi connectivity index (χ0n) is 17.5. The third kappa shape index (κ3) is 5.45. The molecular weight excluding hydrogens is 430 g/mol. The highest BCUT2D eigenvalue weighted by Gasteiger charge is 2.23. The zero-order chi connectivity index (χ0) is 22.9. The number of thiazole rings is 1. The lowest BCUT2D eigenvalue weighted by atomic mass is 10.1. The van der Waals surface area contributed by atoms with E-state index in [2.05, 4.69) is 25.8 Å². The van der Waals surface area contributed by atoms with Crippen LogP contribution in [-0.2, 0) is 4.74 Å². The summed E-state index contributed by atoms with van der Waals surface area (Å²) in [6.07, 6.45) is -0.889. The fourth-order valence-electron chi connectivity index (χ4n) is 2.45. The summed E-state index contributed by atoms with van der Waals surface area (Å²) in [5.74, 6) is -1.85. The molecule has 4 N–H and O–H groups in total. The monoisotopic (exact) mass is 452 g/mol. The van der Waals surface area contributed by atoms with Gasteiger partial charge in [0, 0.05) is 12.1 Å². The van der Waals surface area contributed by atoms with Crippen LogP contribution in [0, 0.1) is 11.6 Å². The molecule has 0 radical (unpaired) electrons. The van der Waals surface area contributed by atoms with E-state index in [1.54, 1.807) is 20.8 Å². The summed E-state index contributed by atoms with van der Waals surface area (Å²) >= 11 is 1.20. The summed E-state index contributed by atoms with van der Waals surface area (Å²) in [5.41, 5.74) is 4.67. The van der Waals surface area contributed by atoms with E-state index in [0.717, 1.165) is 6.07 Å². The van der Waals surface area contributed by atoms with Gasteiger partial charge in [0.25, 0.3) is 5.89 Å². The number of nitrogens with two attached hydrogens (primary N) is 1. The molecule has 0 aliphatic heterocycles. The Hall–Kier alpha value is -3.28. The highest BCUT2D eigenvalue weighted by molar-refractivity contribution is 7.19. The number of benzene rings is 1. The van der Waals surface area contributed by atoms with E-state index < -0.39 is 23.3 Å². The lowest BCUT2D eigenvalue weighted by Crippen LogP contribution is -2.27. The molecule has 166 valence electrons. The van der Waals surface area contributed by atoms with E-state index in [4.69, 9.17) is 15.0 Å². The molecule has 1 aromatic carbocycles. The molecule has 12 heteroatoms. The van der Waals surface area contributed by atoms with Gasteiger partial charge in [-0.15, -0.1) is 0 Å².